The Morgan fingerprint density at radius 1 is 1.65 bits per heavy atom. The lowest BCUT2D eigenvalue weighted by Gasteiger charge is -2.17. The van der Waals surface area contributed by atoms with Crippen LogP contribution in [0.15, 0.2) is 6.20 Å². The van der Waals surface area contributed by atoms with Gasteiger partial charge in [0.2, 0.25) is 0 Å². The minimum absolute atomic E-state index is 0.182. The van der Waals surface area contributed by atoms with E-state index < -0.39 is 6.10 Å². The van der Waals surface area contributed by atoms with Crippen LogP contribution < -0.4 is 5.32 Å². The second-order valence-corrected chi connectivity index (χ2v) is 4.46. The number of carbonyl (C=O) groups is 1. The fourth-order valence-electron chi connectivity index (χ4n) is 1.59. The van der Waals surface area contributed by atoms with Crippen molar-refractivity contribution < 1.29 is 9.90 Å². The standard InChI is InChI=1S/C12H21N3O2/c1-5-8(2)11(16)6-13-12(17)10-7-15(4)14-9(10)3/h7-8,11,16H,5-6H2,1-4H3,(H,13,17). The number of aliphatic hydroxyl groups is 1. The molecule has 0 aliphatic rings. The maximum absolute atomic E-state index is 11.8. The Morgan fingerprint density at radius 2 is 2.29 bits per heavy atom. The first kappa shape index (κ1) is 13.7. The van der Waals surface area contributed by atoms with Gasteiger partial charge in [-0.25, -0.2) is 0 Å². The van der Waals surface area contributed by atoms with Gasteiger partial charge in [0.05, 0.1) is 17.4 Å². The van der Waals surface area contributed by atoms with Crippen LogP contribution in [0, 0.1) is 12.8 Å². The quantitative estimate of drug-likeness (QED) is 0.801. The Kier molecular flexibility index (Phi) is 4.69. The maximum atomic E-state index is 11.8. The topological polar surface area (TPSA) is 67.2 Å². The van der Waals surface area contributed by atoms with Crippen LogP contribution >= 0.6 is 0 Å². The predicted octanol–water partition coefficient (Wildman–Crippen LogP) is 0.865. The molecule has 0 aromatic carbocycles. The predicted molar refractivity (Wildman–Crippen MR) is 65.7 cm³/mol. The molecule has 1 heterocycles. The average Bonchev–Trinajstić information content (AvgIpc) is 2.63. The highest BCUT2D eigenvalue weighted by Gasteiger charge is 2.16. The maximum Gasteiger partial charge on any atom is 0.254 e. The van der Waals surface area contributed by atoms with E-state index in [2.05, 4.69) is 10.4 Å². The van der Waals surface area contributed by atoms with Crippen LogP contribution in [-0.4, -0.2) is 33.4 Å². The highest BCUT2D eigenvalue weighted by atomic mass is 16.3. The van der Waals surface area contributed by atoms with Crippen molar-refractivity contribution in [3.8, 4) is 0 Å². The van der Waals surface area contributed by atoms with Gasteiger partial charge in [-0.15, -0.1) is 0 Å². The molecule has 96 valence electrons. The van der Waals surface area contributed by atoms with Crippen LogP contribution in [0.1, 0.15) is 36.3 Å². The van der Waals surface area contributed by atoms with Crippen molar-refractivity contribution in [3.63, 3.8) is 0 Å². The summed E-state index contributed by atoms with van der Waals surface area (Å²) in [6.45, 7) is 6.05. The van der Waals surface area contributed by atoms with E-state index in [4.69, 9.17) is 0 Å². The number of hydrogen-bond acceptors (Lipinski definition) is 3. The molecule has 1 rings (SSSR count). The Balaban J connectivity index is 2.53. The van der Waals surface area contributed by atoms with Crippen LogP contribution in [0.4, 0.5) is 0 Å². The lowest BCUT2D eigenvalue weighted by Crippen LogP contribution is -2.35. The summed E-state index contributed by atoms with van der Waals surface area (Å²) in [5.41, 5.74) is 1.26. The lowest BCUT2D eigenvalue weighted by molar-refractivity contribution is 0.0849. The Bertz CT molecular complexity index is 387. The first-order valence-corrected chi connectivity index (χ1v) is 5.92. The third-order valence-electron chi connectivity index (χ3n) is 3.03. The highest BCUT2D eigenvalue weighted by molar-refractivity contribution is 5.94. The van der Waals surface area contributed by atoms with Crippen molar-refractivity contribution in [1.29, 1.82) is 0 Å². The summed E-state index contributed by atoms with van der Waals surface area (Å²) in [6, 6.07) is 0. The van der Waals surface area contributed by atoms with Gasteiger partial charge in [-0.1, -0.05) is 20.3 Å². The van der Waals surface area contributed by atoms with Crippen molar-refractivity contribution in [2.45, 2.75) is 33.3 Å². The normalized spacial score (nSPS) is 14.4. The van der Waals surface area contributed by atoms with Gasteiger partial charge < -0.3 is 10.4 Å². The lowest BCUT2D eigenvalue weighted by atomic mass is 10.0. The van der Waals surface area contributed by atoms with Crippen molar-refractivity contribution in [2.75, 3.05) is 6.54 Å². The summed E-state index contributed by atoms with van der Waals surface area (Å²) in [6.07, 6.45) is 2.07. The molecule has 2 atom stereocenters. The van der Waals surface area contributed by atoms with Crippen LogP contribution in [0.2, 0.25) is 0 Å². The molecule has 0 aliphatic carbocycles. The highest BCUT2D eigenvalue weighted by Crippen LogP contribution is 2.07. The molecule has 0 aliphatic heterocycles. The van der Waals surface area contributed by atoms with Gasteiger partial charge in [0, 0.05) is 19.8 Å². The molecule has 0 fully saturated rings. The molecule has 2 unspecified atom stereocenters. The summed E-state index contributed by atoms with van der Waals surface area (Å²) >= 11 is 0. The smallest absolute Gasteiger partial charge is 0.254 e. The van der Waals surface area contributed by atoms with Crippen LogP contribution in [-0.2, 0) is 7.05 Å². The number of amides is 1. The van der Waals surface area contributed by atoms with Gasteiger partial charge in [0.25, 0.3) is 5.91 Å². The summed E-state index contributed by atoms with van der Waals surface area (Å²) in [7, 11) is 1.78. The second-order valence-electron chi connectivity index (χ2n) is 4.46. The number of nitrogens with one attached hydrogen (secondary N) is 1. The first-order valence-electron chi connectivity index (χ1n) is 5.92. The van der Waals surface area contributed by atoms with E-state index in [1.165, 1.54) is 0 Å². The summed E-state index contributed by atoms with van der Waals surface area (Å²) in [4.78, 5) is 11.8. The third-order valence-corrected chi connectivity index (χ3v) is 3.03. The van der Waals surface area contributed by atoms with Crippen molar-refractivity contribution >= 4 is 5.91 Å². The molecule has 0 bridgehead atoms. The number of aromatic nitrogens is 2. The molecule has 0 saturated heterocycles. The molecular weight excluding hydrogens is 218 g/mol. The zero-order chi connectivity index (χ0) is 13.0. The monoisotopic (exact) mass is 239 g/mol. The van der Waals surface area contributed by atoms with E-state index in [0.29, 0.717) is 11.3 Å². The number of aryl methyl sites for hydroxylation is 2. The molecule has 1 amide bonds. The molecule has 2 N–H and O–H groups in total. The molecule has 0 spiro atoms. The number of carbonyl (C=O) groups excluding carboxylic acids is 1. The summed E-state index contributed by atoms with van der Waals surface area (Å²) in [5, 5.41) is 16.6. The summed E-state index contributed by atoms with van der Waals surface area (Å²) < 4.78 is 1.61. The van der Waals surface area contributed by atoms with E-state index in [1.54, 1.807) is 24.9 Å². The number of nitrogens with zero attached hydrogens (tertiary/aromatic N) is 2. The van der Waals surface area contributed by atoms with Gasteiger partial charge in [-0.3, -0.25) is 9.48 Å². The number of rotatable bonds is 5. The molecule has 1 aromatic heterocycles. The minimum Gasteiger partial charge on any atom is -0.391 e. The average molecular weight is 239 g/mol. The fourth-order valence-corrected chi connectivity index (χ4v) is 1.59. The van der Waals surface area contributed by atoms with Gasteiger partial charge >= 0.3 is 0 Å². The summed E-state index contributed by atoms with van der Waals surface area (Å²) in [5.74, 6) is 0.00301. The van der Waals surface area contributed by atoms with Gasteiger partial charge in [0.15, 0.2) is 0 Å². The van der Waals surface area contributed by atoms with E-state index in [9.17, 15) is 9.90 Å². The van der Waals surface area contributed by atoms with E-state index in [1.807, 2.05) is 13.8 Å². The van der Waals surface area contributed by atoms with Crippen molar-refractivity contribution in [3.05, 3.63) is 17.5 Å². The van der Waals surface area contributed by atoms with Gasteiger partial charge in [0.1, 0.15) is 0 Å². The number of aliphatic hydroxyl groups excluding tert-OH is 1. The van der Waals surface area contributed by atoms with Crippen LogP contribution in [0.25, 0.3) is 0 Å². The van der Waals surface area contributed by atoms with E-state index in [-0.39, 0.29) is 18.4 Å². The largest absolute Gasteiger partial charge is 0.391 e. The molecule has 5 nitrogen and oxygen atoms in total. The second kappa shape index (κ2) is 5.82. The Hall–Kier alpha value is -1.36. The van der Waals surface area contributed by atoms with Crippen LogP contribution in [0.3, 0.4) is 0 Å². The fraction of sp³-hybridized carbons (Fsp3) is 0.667. The van der Waals surface area contributed by atoms with Gasteiger partial charge in [-0.05, 0) is 12.8 Å². The minimum atomic E-state index is -0.499. The molecule has 1 aromatic rings. The first-order chi connectivity index (χ1) is 7.95. The molecule has 5 heteroatoms. The Labute approximate surface area is 102 Å². The van der Waals surface area contributed by atoms with E-state index >= 15 is 0 Å². The SMILES string of the molecule is CCC(C)C(O)CNC(=O)c1cn(C)nc1C. The Morgan fingerprint density at radius 3 is 2.76 bits per heavy atom. The molecule has 17 heavy (non-hydrogen) atoms. The van der Waals surface area contributed by atoms with Crippen molar-refractivity contribution in [2.24, 2.45) is 13.0 Å². The molecular formula is C12H21N3O2. The third kappa shape index (κ3) is 3.56. The van der Waals surface area contributed by atoms with Crippen molar-refractivity contribution in [1.82, 2.24) is 15.1 Å². The van der Waals surface area contributed by atoms with Crippen LogP contribution in [0.5, 0.6) is 0 Å². The van der Waals surface area contributed by atoms with E-state index in [0.717, 1.165) is 6.42 Å². The van der Waals surface area contributed by atoms with Gasteiger partial charge in [-0.2, -0.15) is 5.10 Å². The zero-order valence-electron chi connectivity index (χ0n) is 10.9. The zero-order valence-corrected chi connectivity index (χ0v) is 10.9. The number of hydrogen-bond donors (Lipinski definition) is 2. The molecule has 0 radical (unpaired) electrons. The molecule has 0 saturated carbocycles.